The van der Waals surface area contributed by atoms with Crippen LogP contribution in [0.5, 0.6) is 0 Å². The van der Waals surface area contributed by atoms with Crippen LogP contribution in [0.3, 0.4) is 0 Å². The summed E-state index contributed by atoms with van der Waals surface area (Å²) in [4.78, 5) is 50.7. The van der Waals surface area contributed by atoms with Crippen molar-refractivity contribution >= 4 is 23.6 Å². The van der Waals surface area contributed by atoms with Crippen molar-refractivity contribution in [3.05, 3.63) is 35.9 Å². The standard InChI is InChI=1S/C29H46N2O5/c1-6-7-8-9-10-11-15-18-25(32)30-20-26(33)31-24(19-22(2)3)27(34)29(4,5)28(35)36-21-23-16-13-12-14-17-23/h12-14,16-17,22,24H,6-11,15,18-21H2,1-5H3,(H,30,32)(H,31,33)/t24-/m0/s1. The summed E-state index contributed by atoms with van der Waals surface area (Å²) in [5.41, 5.74) is -0.601. The normalized spacial score (nSPS) is 12.2. The number of hydrogen-bond acceptors (Lipinski definition) is 5. The number of ketones is 1. The number of rotatable bonds is 18. The first kappa shape index (κ1) is 31.3. The molecule has 7 heteroatoms. The number of benzene rings is 1. The highest BCUT2D eigenvalue weighted by Gasteiger charge is 2.42. The fraction of sp³-hybridized carbons (Fsp3) is 0.655. The highest BCUT2D eigenvalue weighted by atomic mass is 16.5. The summed E-state index contributed by atoms with van der Waals surface area (Å²) in [6.07, 6.45) is 8.58. The van der Waals surface area contributed by atoms with E-state index in [4.69, 9.17) is 4.74 Å². The van der Waals surface area contributed by atoms with Gasteiger partial charge in [-0.15, -0.1) is 0 Å². The summed E-state index contributed by atoms with van der Waals surface area (Å²) >= 11 is 0. The fourth-order valence-electron chi connectivity index (χ4n) is 3.90. The Hall–Kier alpha value is -2.70. The zero-order chi connectivity index (χ0) is 27.0. The molecule has 0 aliphatic heterocycles. The number of unbranched alkanes of at least 4 members (excludes halogenated alkanes) is 6. The minimum atomic E-state index is -1.43. The van der Waals surface area contributed by atoms with E-state index in [2.05, 4.69) is 17.6 Å². The van der Waals surface area contributed by atoms with Gasteiger partial charge in [0, 0.05) is 6.42 Å². The molecule has 7 nitrogen and oxygen atoms in total. The molecule has 0 unspecified atom stereocenters. The lowest BCUT2D eigenvalue weighted by molar-refractivity contribution is -0.160. The number of ether oxygens (including phenoxy) is 1. The average molecular weight is 503 g/mol. The molecule has 0 aliphatic rings. The van der Waals surface area contributed by atoms with Crippen molar-refractivity contribution in [3.63, 3.8) is 0 Å². The van der Waals surface area contributed by atoms with Gasteiger partial charge in [0.05, 0.1) is 12.6 Å². The Bertz CT molecular complexity index is 820. The van der Waals surface area contributed by atoms with Gasteiger partial charge in [0.25, 0.3) is 0 Å². The predicted octanol–water partition coefficient (Wildman–Crippen LogP) is 5.11. The fourth-order valence-corrected chi connectivity index (χ4v) is 3.90. The van der Waals surface area contributed by atoms with Gasteiger partial charge in [-0.1, -0.05) is 89.6 Å². The smallest absolute Gasteiger partial charge is 0.319 e. The molecule has 0 spiro atoms. The highest BCUT2D eigenvalue weighted by Crippen LogP contribution is 2.24. The molecular weight excluding hydrogens is 456 g/mol. The summed E-state index contributed by atoms with van der Waals surface area (Å²) < 4.78 is 5.40. The number of amides is 2. The van der Waals surface area contributed by atoms with Gasteiger partial charge in [-0.2, -0.15) is 0 Å². The van der Waals surface area contributed by atoms with Gasteiger partial charge in [0.2, 0.25) is 11.8 Å². The van der Waals surface area contributed by atoms with Gasteiger partial charge < -0.3 is 15.4 Å². The van der Waals surface area contributed by atoms with E-state index in [0.29, 0.717) is 12.8 Å². The number of nitrogens with one attached hydrogen (secondary N) is 2. The first-order chi connectivity index (χ1) is 17.1. The van der Waals surface area contributed by atoms with E-state index in [-0.39, 0.29) is 25.0 Å². The average Bonchev–Trinajstić information content (AvgIpc) is 2.84. The molecule has 0 heterocycles. The van der Waals surface area contributed by atoms with Crippen LogP contribution >= 0.6 is 0 Å². The number of esters is 1. The molecule has 1 atom stereocenters. The molecule has 0 radical (unpaired) electrons. The Morgan fingerprint density at radius 1 is 0.889 bits per heavy atom. The molecule has 202 valence electrons. The van der Waals surface area contributed by atoms with Crippen LogP contribution in [-0.2, 0) is 30.5 Å². The van der Waals surface area contributed by atoms with Crippen molar-refractivity contribution < 1.29 is 23.9 Å². The van der Waals surface area contributed by atoms with E-state index in [1.807, 2.05) is 44.2 Å². The summed E-state index contributed by atoms with van der Waals surface area (Å²) in [6, 6.07) is 8.40. The first-order valence-corrected chi connectivity index (χ1v) is 13.4. The van der Waals surface area contributed by atoms with E-state index >= 15 is 0 Å². The maximum Gasteiger partial charge on any atom is 0.319 e. The maximum atomic E-state index is 13.3. The molecule has 0 bridgehead atoms. The Labute approximate surface area is 217 Å². The molecule has 2 amide bonds. The van der Waals surface area contributed by atoms with E-state index in [1.165, 1.54) is 39.5 Å². The molecular formula is C29H46N2O5. The van der Waals surface area contributed by atoms with Crippen molar-refractivity contribution in [3.8, 4) is 0 Å². The van der Waals surface area contributed by atoms with E-state index in [0.717, 1.165) is 24.8 Å². The van der Waals surface area contributed by atoms with Crippen molar-refractivity contribution in [1.29, 1.82) is 0 Å². The zero-order valence-electron chi connectivity index (χ0n) is 22.9. The summed E-state index contributed by atoms with van der Waals surface area (Å²) in [7, 11) is 0. The molecule has 0 saturated heterocycles. The zero-order valence-corrected chi connectivity index (χ0v) is 22.9. The lowest BCUT2D eigenvalue weighted by Crippen LogP contribution is -2.52. The minimum absolute atomic E-state index is 0.0718. The van der Waals surface area contributed by atoms with Crippen LogP contribution in [0.4, 0.5) is 0 Å². The Morgan fingerprint density at radius 2 is 1.50 bits per heavy atom. The van der Waals surface area contributed by atoms with Gasteiger partial charge in [0.1, 0.15) is 12.0 Å². The van der Waals surface area contributed by atoms with Crippen LogP contribution in [0.25, 0.3) is 0 Å². The largest absolute Gasteiger partial charge is 0.460 e. The van der Waals surface area contributed by atoms with Crippen molar-refractivity contribution in [1.82, 2.24) is 10.6 Å². The van der Waals surface area contributed by atoms with Crippen molar-refractivity contribution in [2.75, 3.05) is 6.54 Å². The summed E-state index contributed by atoms with van der Waals surface area (Å²) in [5, 5.41) is 5.36. The molecule has 0 fully saturated rings. The SMILES string of the molecule is CCCCCCCCCC(=O)NCC(=O)N[C@@H](CC(C)C)C(=O)C(C)(C)C(=O)OCc1ccccc1. The predicted molar refractivity (Wildman–Crippen MR) is 142 cm³/mol. The van der Waals surface area contributed by atoms with Crippen LogP contribution in [0.2, 0.25) is 0 Å². The van der Waals surface area contributed by atoms with Crippen LogP contribution < -0.4 is 10.6 Å². The summed E-state index contributed by atoms with van der Waals surface area (Å²) in [6.45, 7) is 8.98. The molecule has 0 aromatic heterocycles. The van der Waals surface area contributed by atoms with Crippen LogP contribution in [0, 0.1) is 11.3 Å². The monoisotopic (exact) mass is 502 g/mol. The second kappa shape index (κ2) is 16.9. The highest BCUT2D eigenvalue weighted by molar-refractivity contribution is 6.06. The minimum Gasteiger partial charge on any atom is -0.460 e. The number of Topliss-reactive ketones (excluding diaryl/α,β-unsaturated/α-hetero) is 1. The molecule has 1 aromatic carbocycles. The Morgan fingerprint density at radius 3 is 2.11 bits per heavy atom. The third-order valence-electron chi connectivity index (χ3n) is 6.15. The number of carbonyl (C=O) groups is 4. The number of carbonyl (C=O) groups excluding carboxylic acids is 4. The van der Waals surface area contributed by atoms with Gasteiger partial charge in [-0.3, -0.25) is 19.2 Å². The van der Waals surface area contributed by atoms with Crippen LogP contribution in [0.1, 0.15) is 98.0 Å². The second-order valence-corrected chi connectivity index (χ2v) is 10.4. The van der Waals surface area contributed by atoms with Gasteiger partial charge in [-0.05, 0) is 38.2 Å². The van der Waals surface area contributed by atoms with E-state index < -0.39 is 29.1 Å². The van der Waals surface area contributed by atoms with Crippen molar-refractivity contribution in [2.45, 2.75) is 105 Å². The Balaban J connectivity index is 2.54. The quantitative estimate of drug-likeness (QED) is 0.165. The molecule has 1 rings (SSSR count). The van der Waals surface area contributed by atoms with Gasteiger partial charge in [0.15, 0.2) is 5.78 Å². The lowest BCUT2D eigenvalue weighted by atomic mass is 9.81. The van der Waals surface area contributed by atoms with Crippen LogP contribution in [-0.4, -0.2) is 36.2 Å². The number of hydrogen-bond donors (Lipinski definition) is 2. The first-order valence-electron chi connectivity index (χ1n) is 13.4. The van der Waals surface area contributed by atoms with Gasteiger partial charge >= 0.3 is 5.97 Å². The third kappa shape index (κ3) is 12.3. The third-order valence-corrected chi connectivity index (χ3v) is 6.15. The second-order valence-electron chi connectivity index (χ2n) is 10.4. The topological polar surface area (TPSA) is 102 Å². The van der Waals surface area contributed by atoms with Crippen molar-refractivity contribution in [2.24, 2.45) is 11.3 Å². The Kier molecular flexibility index (Phi) is 14.7. The maximum absolute atomic E-state index is 13.3. The lowest BCUT2D eigenvalue weighted by Gasteiger charge is -2.28. The summed E-state index contributed by atoms with van der Waals surface area (Å²) in [5.74, 6) is -1.55. The van der Waals surface area contributed by atoms with E-state index in [1.54, 1.807) is 0 Å². The molecule has 1 aromatic rings. The van der Waals surface area contributed by atoms with Crippen LogP contribution in [0.15, 0.2) is 30.3 Å². The molecule has 0 aliphatic carbocycles. The molecule has 2 N–H and O–H groups in total. The molecule has 36 heavy (non-hydrogen) atoms. The van der Waals surface area contributed by atoms with E-state index in [9.17, 15) is 19.2 Å². The molecule has 0 saturated carbocycles. The van der Waals surface area contributed by atoms with Gasteiger partial charge in [-0.25, -0.2) is 0 Å².